The Hall–Kier alpha value is -0.590. The number of hydrogen-bond donors (Lipinski definition) is 1. The molecular formula is C12H15BrO4S. The van der Waals surface area contributed by atoms with E-state index in [1.165, 1.54) is 6.92 Å². The van der Waals surface area contributed by atoms with Crippen LogP contribution in [-0.4, -0.2) is 31.6 Å². The van der Waals surface area contributed by atoms with Gasteiger partial charge in [0.1, 0.15) is 5.75 Å². The van der Waals surface area contributed by atoms with Crippen molar-refractivity contribution in [1.29, 1.82) is 0 Å². The minimum Gasteiger partial charge on any atom is -0.493 e. The van der Waals surface area contributed by atoms with E-state index in [-0.39, 0.29) is 0 Å². The van der Waals surface area contributed by atoms with Crippen LogP contribution in [0.4, 0.5) is 0 Å². The second-order valence-electron chi connectivity index (χ2n) is 4.56. The molecule has 0 fully saturated rings. The lowest BCUT2D eigenvalue weighted by Gasteiger charge is -2.20. The lowest BCUT2D eigenvalue weighted by molar-refractivity contribution is 0.171. The van der Waals surface area contributed by atoms with Gasteiger partial charge < -0.3 is 9.84 Å². The van der Waals surface area contributed by atoms with Crippen LogP contribution in [-0.2, 0) is 16.3 Å². The molecule has 2 rings (SSSR count). The van der Waals surface area contributed by atoms with Crippen molar-refractivity contribution in [2.75, 3.05) is 12.9 Å². The smallest absolute Gasteiger partial charge is 0.152 e. The van der Waals surface area contributed by atoms with Gasteiger partial charge >= 0.3 is 0 Å². The molecule has 1 N–H and O–H groups in total. The molecule has 0 saturated carbocycles. The Morgan fingerprint density at radius 3 is 2.72 bits per heavy atom. The molecule has 0 aliphatic carbocycles. The first-order chi connectivity index (χ1) is 8.30. The molecule has 0 aromatic heterocycles. The van der Waals surface area contributed by atoms with Crippen molar-refractivity contribution in [2.24, 2.45) is 0 Å². The van der Waals surface area contributed by atoms with Crippen LogP contribution < -0.4 is 4.74 Å². The maximum Gasteiger partial charge on any atom is 0.152 e. The Labute approximate surface area is 115 Å². The molecule has 1 aliphatic heterocycles. The minimum atomic E-state index is -3.30. The Bertz CT molecular complexity index is 568. The summed E-state index contributed by atoms with van der Waals surface area (Å²) in [7, 11) is -3.30. The highest BCUT2D eigenvalue weighted by Crippen LogP contribution is 2.38. The molecular weight excluding hydrogens is 320 g/mol. The van der Waals surface area contributed by atoms with Crippen LogP contribution >= 0.6 is 15.9 Å². The number of ether oxygens (including phenoxy) is 1. The SMILES string of the molecule is CC(C(O)c1cc(Br)cc2c1OCC2)S(C)(=O)=O. The number of fused-ring (bicyclic) bond motifs is 1. The van der Waals surface area contributed by atoms with E-state index in [9.17, 15) is 13.5 Å². The van der Waals surface area contributed by atoms with Crippen molar-refractivity contribution in [3.8, 4) is 5.75 Å². The average Bonchev–Trinajstić information content (AvgIpc) is 2.72. The van der Waals surface area contributed by atoms with Crippen LogP contribution in [0.25, 0.3) is 0 Å². The molecule has 6 heteroatoms. The molecule has 4 nitrogen and oxygen atoms in total. The molecule has 1 heterocycles. The number of aliphatic hydroxyl groups is 1. The van der Waals surface area contributed by atoms with Crippen molar-refractivity contribution in [2.45, 2.75) is 24.7 Å². The van der Waals surface area contributed by atoms with Gasteiger partial charge in [0.15, 0.2) is 9.84 Å². The topological polar surface area (TPSA) is 63.6 Å². The zero-order chi connectivity index (χ0) is 13.5. The average molecular weight is 335 g/mol. The third-order valence-corrected chi connectivity index (χ3v) is 5.28. The van der Waals surface area contributed by atoms with Gasteiger partial charge in [-0.2, -0.15) is 0 Å². The van der Waals surface area contributed by atoms with E-state index in [2.05, 4.69) is 15.9 Å². The molecule has 0 bridgehead atoms. The van der Waals surface area contributed by atoms with E-state index in [0.717, 1.165) is 22.7 Å². The Balaban J connectivity index is 2.46. The molecule has 1 aromatic carbocycles. The summed E-state index contributed by atoms with van der Waals surface area (Å²) >= 11 is 3.37. The van der Waals surface area contributed by atoms with Crippen molar-refractivity contribution < 1.29 is 18.3 Å². The van der Waals surface area contributed by atoms with Gasteiger partial charge in [0.2, 0.25) is 0 Å². The van der Waals surface area contributed by atoms with Crippen LogP contribution in [0.2, 0.25) is 0 Å². The highest BCUT2D eigenvalue weighted by atomic mass is 79.9. The molecule has 0 spiro atoms. The van der Waals surface area contributed by atoms with Crippen LogP contribution in [0.15, 0.2) is 16.6 Å². The van der Waals surface area contributed by atoms with E-state index in [1.807, 2.05) is 6.07 Å². The van der Waals surface area contributed by atoms with Gasteiger partial charge in [0.25, 0.3) is 0 Å². The van der Waals surface area contributed by atoms with E-state index in [4.69, 9.17) is 4.74 Å². The van der Waals surface area contributed by atoms with E-state index < -0.39 is 21.2 Å². The number of sulfone groups is 1. The molecule has 1 aromatic rings. The van der Waals surface area contributed by atoms with Gasteiger partial charge in [-0.3, -0.25) is 0 Å². The lowest BCUT2D eigenvalue weighted by Crippen LogP contribution is -2.24. The third kappa shape index (κ3) is 2.55. The first-order valence-corrected chi connectivity index (χ1v) is 8.37. The van der Waals surface area contributed by atoms with Gasteiger partial charge in [0, 0.05) is 22.7 Å². The molecule has 100 valence electrons. The fourth-order valence-electron chi connectivity index (χ4n) is 2.00. The second kappa shape index (κ2) is 4.83. The maximum absolute atomic E-state index is 11.5. The quantitative estimate of drug-likeness (QED) is 0.916. The molecule has 2 atom stereocenters. The number of aliphatic hydroxyl groups excluding tert-OH is 1. The second-order valence-corrected chi connectivity index (χ2v) is 7.88. The van der Waals surface area contributed by atoms with Gasteiger partial charge in [0.05, 0.1) is 18.0 Å². The summed E-state index contributed by atoms with van der Waals surface area (Å²) in [4.78, 5) is 0. The molecule has 2 unspecified atom stereocenters. The number of benzene rings is 1. The predicted molar refractivity (Wildman–Crippen MR) is 72.6 cm³/mol. The molecule has 1 aliphatic rings. The largest absolute Gasteiger partial charge is 0.493 e. The number of halogens is 1. The maximum atomic E-state index is 11.5. The fraction of sp³-hybridized carbons (Fsp3) is 0.500. The van der Waals surface area contributed by atoms with Crippen LogP contribution in [0.3, 0.4) is 0 Å². The summed E-state index contributed by atoms with van der Waals surface area (Å²) in [6.45, 7) is 2.07. The molecule has 18 heavy (non-hydrogen) atoms. The van der Waals surface area contributed by atoms with Crippen molar-refractivity contribution in [3.63, 3.8) is 0 Å². The van der Waals surface area contributed by atoms with E-state index >= 15 is 0 Å². The highest BCUT2D eigenvalue weighted by Gasteiger charge is 2.30. The first-order valence-electron chi connectivity index (χ1n) is 5.62. The van der Waals surface area contributed by atoms with E-state index in [1.54, 1.807) is 6.07 Å². The molecule has 0 saturated heterocycles. The van der Waals surface area contributed by atoms with Gasteiger partial charge in [-0.15, -0.1) is 0 Å². The number of rotatable bonds is 3. The van der Waals surface area contributed by atoms with Crippen molar-refractivity contribution in [3.05, 3.63) is 27.7 Å². The standard InChI is InChI=1S/C12H15BrO4S/c1-7(18(2,15)16)11(14)10-6-9(13)5-8-3-4-17-12(8)10/h5-7,11,14H,3-4H2,1-2H3. The predicted octanol–water partition coefficient (Wildman–Crippen LogP) is 1.85. The van der Waals surface area contributed by atoms with Crippen LogP contribution in [0.5, 0.6) is 5.75 Å². The van der Waals surface area contributed by atoms with Crippen LogP contribution in [0, 0.1) is 0 Å². The summed E-state index contributed by atoms with van der Waals surface area (Å²) in [5, 5.41) is 9.37. The first kappa shape index (κ1) is 13.8. The van der Waals surface area contributed by atoms with Gasteiger partial charge in [-0.1, -0.05) is 15.9 Å². The van der Waals surface area contributed by atoms with Gasteiger partial charge in [-0.25, -0.2) is 8.42 Å². The summed E-state index contributed by atoms with van der Waals surface area (Å²) in [5.74, 6) is 0.626. The zero-order valence-electron chi connectivity index (χ0n) is 10.2. The highest BCUT2D eigenvalue weighted by molar-refractivity contribution is 9.10. The van der Waals surface area contributed by atoms with E-state index in [0.29, 0.717) is 17.9 Å². The summed E-state index contributed by atoms with van der Waals surface area (Å²) in [6, 6.07) is 3.65. The summed E-state index contributed by atoms with van der Waals surface area (Å²) < 4.78 is 29.4. The monoisotopic (exact) mass is 334 g/mol. The zero-order valence-corrected chi connectivity index (χ0v) is 12.6. The van der Waals surface area contributed by atoms with Crippen molar-refractivity contribution in [1.82, 2.24) is 0 Å². The Morgan fingerprint density at radius 2 is 2.11 bits per heavy atom. The molecule has 0 amide bonds. The van der Waals surface area contributed by atoms with Crippen molar-refractivity contribution >= 4 is 25.8 Å². The summed E-state index contributed by atoms with van der Waals surface area (Å²) in [6.07, 6.45) is 0.825. The Morgan fingerprint density at radius 1 is 1.44 bits per heavy atom. The van der Waals surface area contributed by atoms with Crippen LogP contribution in [0.1, 0.15) is 24.2 Å². The molecule has 0 radical (unpaired) electrons. The summed E-state index contributed by atoms with van der Waals surface area (Å²) in [5.41, 5.74) is 1.54. The number of hydrogen-bond acceptors (Lipinski definition) is 4. The lowest BCUT2D eigenvalue weighted by atomic mass is 10.0. The minimum absolute atomic E-state index is 0.537. The Kier molecular flexibility index (Phi) is 3.71. The fourth-order valence-corrected chi connectivity index (χ4v) is 3.14. The third-order valence-electron chi connectivity index (χ3n) is 3.22. The van der Waals surface area contributed by atoms with Gasteiger partial charge in [-0.05, 0) is 24.6 Å². The normalized spacial score (nSPS) is 18.0.